The van der Waals surface area contributed by atoms with Gasteiger partial charge in [0.1, 0.15) is 17.1 Å². The summed E-state index contributed by atoms with van der Waals surface area (Å²) in [6.07, 6.45) is 0. The molecule has 0 saturated carbocycles. The summed E-state index contributed by atoms with van der Waals surface area (Å²) in [5.41, 5.74) is 6.70. The van der Waals surface area contributed by atoms with E-state index in [4.69, 9.17) is 10.3 Å². The molecule has 2 aromatic heterocycles. The van der Waals surface area contributed by atoms with Crippen LogP contribution >= 0.6 is 11.3 Å². The zero-order valence-electron chi connectivity index (χ0n) is 10.7. The van der Waals surface area contributed by atoms with Crippen molar-refractivity contribution in [2.24, 2.45) is 0 Å². The van der Waals surface area contributed by atoms with E-state index in [1.165, 1.54) is 35.6 Å². The summed E-state index contributed by atoms with van der Waals surface area (Å²) in [5, 5.41) is 8.32. The van der Waals surface area contributed by atoms with Crippen LogP contribution in [0.25, 0.3) is 10.6 Å². The van der Waals surface area contributed by atoms with Gasteiger partial charge < -0.3 is 15.6 Å². The van der Waals surface area contributed by atoms with E-state index >= 15 is 0 Å². The van der Waals surface area contributed by atoms with Crippen LogP contribution in [0.15, 0.2) is 46.3 Å². The predicted molar refractivity (Wildman–Crippen MR) is 78.6 cm³/mol. The highest BCUT2D eigenvalue weighted by atomic mass is 32.1. The predicted octanol–water partition coefficient (Wildman–Crippen LogP) is 3.38. The Morgan fingerprint density at radius 2 is 2.05 bits per heavy atom. The Kier molecular flexibility index (Phi) is 3.41. The third-order valence-corrected chi connectivity index (χ3v) is 3.68. The Bertz CT molecular complexity index is 766. The number of amides is 1. The Morgan fingerprint density at radius 3 is 2.71 bits per heavy atom. The average Bonchev–Trinajstić information content (AvgIpc) is 3.10. The standard InChI is InChI=1S/C14H10FN3O2S/c15-8-3-5-9(6-4-8)17-14(19)11-12(18-20-13(11)16)10-2-1-7-21-10/h1-7H,16H2,(H,17,19). The molecule has 7 heteroatoms. The quantitative estimate of drug-likeness (QED) is 0.777. The van der Waals surface area contributed by atoms with E-state index in [1.54, 1.807) is 0 Å². The fraction of sp³-hybridized carbons (Fsp3) is 0. The molecule has 0 aliphatic rings. The molecular formula is C14H10FN3O2S. The van der Waals surface area contributed by atoms with Crippen LogP contribution in [-0.2, 0) is 0 Å². The molecule has 0 aliphatic carbocycles. The molecule has 0 aliphatic heterocycles. The molecule has 1 aromatic carbocycles. The molecule has 106 valence electrons. The van der Waals surface area contributed by atoms with Crippen molar-refractivity contribution in [3.63, 3.8) is 0 Å². The Hall–Kier alpha value is -2.67. The molecule has 3 N–H and O–H groups in total. The van der Waals surface area contributed by atoms with E-state index in [-0.39, 0.29) is 17.3 Å². The van der Waals surface area contributed by atoms with Crippen LogP contribution in [0, 0.1) is 5.82 Å². The van der Waals surface area contributed by atoms with Crippen LogP contribution < -0.4 is 11.1 Å². The zero-order chi connectivity index (χ0) is 14.8. The minimum atomic E-state index is -0.455. The molecule has 21 heavy (non-hydrogen) atoms. The first-order valence-corrected chi connectivity index (χ1v) is 6.89. The van der Waals surface area contributed by atoms with Gasteiger partial charge >= 0.3 is 0 Å². The van der Waals surface area contributed by atoms with Crippen LogP contribution in [0.5, 0.6) is 0 Å². The molecule has 0 radical (unpaired) electrons. The first-order chi connectivity index (χ1) is 10.1. The number of rotatable bonds is 3. The van der Waals surface area contributed by atoms with Crippen molar-refractivity contribution in [2.75, 3.05) is 11.1 Å². The van der Waals surface area contributed by atoms with Gasteiger partial charge in [-0.3, -0.25) is 4.79 Å². The summed E-state index contributed by atoms with van der Waals surface area (Å²) >= 11 is 1.42. The maximum atomic E-state index is 12.9. The number of carbonyl (C=O) groups excluding carboxylic acids is 1. The van der Waals surface area contributed by atoms with Gasteiger partial charge in [0.05, 0.1) is 4.88 Å². The van der Waals surface area contributed by atoms with Gasteiger partial charge in [0.15, 0.2) is 0 Å². The number of hydrogen-bond acceptors (Lipinski definition) is 5. The topological polar surface area (TPSA) is 81.2 Å². The third kappa shape index (κ3) is 2.63. The summed E-state index contributed by atoms with van der Waals surface area (Å²) in [6, 6.07) is 9.09. The molecule has 0 saturated heterocycles. The summed E-state index contributed by atoms with van der Waals surface area (Å²) in [7, 11) is 0. The maximum absolute atomic E-state index is 12.9. The second-order valence-corrected chi connectivity index (χ2v) is 5.16. The fourth-order valence-corrected chi connectivity index (χ4v) is 2.54. The summed E-state index contributed by atoms with van der Waals surface area (Å²) in [6.45, 7) is 0. The van der Waals surface area contributed by atoms with Crippen molar-refractivity contribution >= 4 is 28.8 Å². The second kappa shape index (κ2) is 5.37. The zero-order valence-corrected chi connectivity index (χ0v) is 11.5. The summed E-state index contributed by atoms with van der Waals surface area (Å²) in [4.78, 5) is 13.1. The van der Waals surface area contributed by atoms with Gasteiger partial charge in [0.25, 0.3) is 5.91 Å². The van der Waals surface area contributed by atoms with Crippen LogP contribution in [-0.4, -0.2) is 11.1 Å². The summed E-state index contributed by atoms with van der Waals surface area (Å²) in [5.74, 6) is -0.890. The second-order valence-electron chi connectivity index (χ2n) is 4.21. The van der Waals surface area contributed by atoms with E-state index < -0.39 is 5.91 Å². The van der Waals surface area contributed by atoms with E-state index in [0.29, 0.717) is 11.4 Å². The van der Waals surface area contributed by atoms with Gasteiger partial charge in [-0.1, -0.05) is 11.2 Å². The highest BCUT2D eigenvalue weighted by molar-refractivity contribution is 7.13. The molecule has 5 nitrogen and oxygen atoms in total. The first kappa shape index (κ1) is 13.3. The van der Waals surface area contributed by atoms with E-state index in [9.17, 15) is 9.18 Å². The first-order valence-electron chi connectivity index (χ1n) is 6.01. The maximum Gasteiger partial charge on any atom is 0.263 e. The Labute approximate surface area is 123 Å². The lowest BCUT2D eigenvalue weighted by atomic mass is 10.2. The number of anilines is 2. The Morgan fingerprint density at radius 1 is 1.29 bits per heavy atom. The van der Waals surface area contributed by atoms with Crippen molar-refractivity contribution in [2.45, 2.75) is 0 Å². The van der Waals surface area contributed by atoms with Crippen LogP contribution in [0.4, 0.5) is 16.0 Å². The van der Waals surface area contributed by atoms with Crippen LogP contribution in [0.2, 0.25) is 0 Å². The van der Waals surface area contributed by atoms with Gasteiger partial charge in [-0.25, -0.2) is 4.39 Å². The van der Waals surface area contributed by atoms with E-state index in [0.717, 1.165) is 4.88 Å². The number of nitrogen functional groups attached to an aromatic ring is 1. The molecule has 0 fully saturated rings. The number of carbonyl (C=O) groups is 1. The SMILES string of the molecule is Nc1onc(-c2cccs2)c1C(=O)Nc1ccc(F)cc1. The lowest BCUT2D eigenvalue weighted by Gasteiger charge is -2.04. The monoisotopic (exact) mass is 303 g/mol. The average molecular weight is 303 g/mol. The smallest absolute Gasteiger partial charge is 0.263 e. The number of nitrogens with two attached hydrogens (primary N) is 1. The minimum absolute atomic E-state index is 0.0574. The number of benzene rings is 1. The molecule has 0 bridgehead atoms. The number of nitrogens with zero attached hydrogens (tertiary/aromatic N) is 1. The highest BCUT2D eigenvalue weighted by Gasteiger charge is 2.23. The molecule has 0 spiro atoms. The van der Waals surface area contributed by atoms with Crippen molar-refractivity contribution < 1.29 is 13.7 Å². The Balaban J connectivity index is 1.91. The molecule has 0 atom stereocenters. The van der Waals surface area contributed by atoms with Gasteiger partial charge in [0.2, 0.25) is 5.88 Å². The molecular weight excluding hydrogens is 293 g/mol. The third-order valence-electron chi connectivity index (χ3n) is 2.80. The molecule has 3 rings (SSSR count). The van der Waals surface area contributed by atoms with Gasteiger partial charge in [0, 0.05) is 5.69 Å². The van der Waals surface area contributed by atoms with Crippen molar-refractivity contribution in [3.05, 3.63) is 53.2 Å². The fourth-order valence-electron chi connectivity index (χ4n) is 1.83. The van der Waals surface area contributed by atoms with Crippen LogP contribution in [0.3, 0.4) is 0 Å². The number of aromatic nitrogens is 1. The summed E-state index contributed by atoms with van der Waals surface area (Å²) < 4.78 is 17.8. The largest absolute Gasteiger partial charge is 0.367 e. The number of nitrogens with one attached hydrogen (secondary N) is 1. The van der Waals surface area contributed by atoms with Gasteiger partial charge in [-0.05, 0) is 35.7 Å². The molecule has 3 aromatic rings. The highest BCUT2D eigenvalue weighted by Crippen LogP contribution is 2.30. The minimum Gasteiger partial charge on any atom is -0.367 e. The van der Waals surface area contributed by atoms with Gasteiger partial charge in [-0.15, -0.1) is 11.3 Å². The number of hydrogen-bond donors (Lipinski definition) is 2. The lowest BCUT2D eigenvalue weighted by Crippen LogP contribution is -2.13. The molecule has 0 unspecified atom stereocenters. The lowest BCUT2D eigenvalue weighted by molar-refractivity contribution is 0.102. The molecule has 2 heterocycles. The van der Waals surface area contributed by atoms with Crippen LogP contribution in [0.1, 0.15) is 10.4 Å². The van der Waals surface area contributed by atoms with Crippen molar-refractivity contribution in [3.8, 4) is 10.6 Å². The van der Waals surface area contributed by atoms with E-state index in [2.05, 4.69) is 10.5 Å². The van der Waals surface area contributed by atoms with Gasteiger partial charge in [-0.2, -0.15) is 0 Å². The van der Waals surface area contributed by atoms with Crippen molar-refractivity contribution in [1.29, 1.82) is 0 Å². The normalized spacial score (nSPS) is 10.5. The molecule has 1 amide bonds. The van der Waals surface area contributed by atoms with E-state index in [1.807, 2.05) is 17.5 Å². The van der Waals surface area contributed by atoms with Crippen molar-refractivity contribution in [1.82, 2.24) is 5.16 Å². The number of halogens is 1. The number of thiophene rings is 1.